The number of pyridine rings is 1. The lowest BCUT2D eigenvalue weighted by atomic mass is 9.68. The number of alkyl carbamates (subject to hydrolysis) is 1. The number of nitrogen functional groups attached to an aromatic ring is 1. The van der Waals surface area contributed by atoms with E-state index < -0.39 is 17.1 Å². The maximum absolute atomic E-state index is 13.0. The van der Waals surface area contributed by atoms with Gasteiger partial charge in [0.2, 0.25) is 0 Å². The first-order valence-electron chi connectivity index (χ1n) is 12.3. The third-order valence-electron chi connectivity index (χ3n) is 6.70. The van der Waals surface area contributed by atoms with E-state index in [-0.39, 0.29) is 17.3 Å². The van der Waals surface area contributed by atoms with Gasteiger partial charge in [0.15, 0.2) is 12.4 Å². The van der Waals surface area contributed by atoms with Gasteiger partial charge in [-0.05, 0) is 76.3 Å². The molecule has 0 radical (unpaired) electrons. The molecular formula is C27H32ClN5O4. The highest BCUT2D eigenvalue weighted by atomic mass is 35.5. The Balaban J connectivity index is 1.60. The molecule has 3 N–H and O–H groups in total. The molecule has 9 nitrogen and oxygen atoms in total. The zero-order chi connectivity index (χ0) is 26.8. The molecule has 0 bridgehead atoms. The number of ether oxygens (including phenoxy) is 1. The summed E-state index contributed by atoms with van der Waals surface area (Å²) in [6.07, 6.45) is 4.92. The zero-order valence-corrected chi connectivity index (χ0v) is 22.0. The van der Waals surface area contributed by atoms with Crippen molar-refractivity contribution in [1.29, 1.82) is 0 Å². The molecule has 0 atom stereocenters. The van der Waals surface area contributed by atoms with Crippen LogP contribution in [0.15, 0.2) is 59.7 Å². The van der Waals surface area contributed by atoms with Gasteiger partial charge in [0, 0.05) is 23.0 Å². The summed E-state index contributed by atoms with van der Waals surface area (Å²) in [5, 5.41) is 19.9. The average molecular weight is 526 g/mol. The van der Waals surface area contributed by atoms with Crippen molar-refractivity contribution in [3.8, 4) is 11.3 Å². The van der Waals surface area contributed by atoms with Crippen molar-refractivity contribution in [2.45, 2.75) is 63.5 Å². The predicted molar refractivity (Wildman–Crippen MR) is 142 cm³/mol. The summed E-state index contributed by atoms with van der Waals surface area (Å²) in [7, 11) is 0. The van der Waals surface area contributed by atoms with Gasteiger partial charge in [-0.15, -0.1) is 0 Å². The van der Waals surface area contributed by atoms with Gasteiger partial charge in [0.25, 0.3) is 5.56 Å². The van der Waals surface area contributed by atoms with E-state index in [0.717, 1.165) is 5.56 Å². The second kappa shape index (κ2) is 10.4. The van der Waals surface area contributed by atoms with E-state index in [1.807, 2.05) is 45.0 Å². The predicted octanol–water partition coefficient (Wildman–Crippen LogP) is 4.36. The largest absolute Gasteiger partial charge is 0.619 e. The van der Waals surface area contributed by atoms with E-state index in [9.17, 15) is 14.8 Å². The van der Waals surface area contributed by atoms with Crippen molar-refractivity contribution in [2.75, 3.05) is 12.3 Å². The Hall–Kier alpha value is -3.59. The van der Waals surface area contributed by atoms with Crippen LogP contribution in [0.25, 0.3) is 11.3 Å². The van der Waals surface area contributed by atoms with Crippen molar-refractivity contribution in [1.82, 2.24) is 15.1 Å². The Morgan fingerprint density at radius 3 is 2.65 bits per heavy atom. The highest BCUT2D eigenvalue weighted by molar-refractivity contribution is 6.30. The minimum atomic E-state index is -0.604. The highest BCUT2D eigenvalue weighted by Gasteiger charge is 2.39. The number of hydrogen-bond acceptors (Lipinski definition) is 6. The lowest BCUT2D eigenvalue weighted by Crippen LogP contribution is -2.45. The molecule has 3 aromatic rings. The van der Waals surface area contributed by atoms with Crippen LogP contribution in [0.3, 0.4) is 0 Å². The second-order valence-electron chi connectivity index (χ2n) is 10.6. The van der Waals surface area contributed by atoms with Gasteiger partial charge in [0.05, 0.1) is 17.3 Å². The zero-order valence-electron chi connectivity index (χ0n) is 21.2. The molecule has 0 saturated heterocycles. The van der Waals surface area contributed by atoms with Gasteiger partial charge in [0.1, 0.15) is 11.3 Å². The summed E-state index contributed by atoms with van der Waals surface area (Å²) < 4.78 is 7.57. The van der Waals surface area contributed by atoms with Crippen LogP contribution in [0.4, 0.5) is 10.5 Å². The summed E-state index contributed by atoms with van der Waals surface area (Å²) in [6, 6.07) is 12.3. The number of halogens is 1. The fraction of sp³-hybridized carbons (Fsp3) is 0.407. The van der Waals surface area contributed by atoms with Crippen molar-refractivity contribution >= 4 is 23.4 Å². The van der Waals surface area contributed by atoms with Crippen molar-refractivity contribution < 1.29 is 14.3 Å². The maximum Gasteiger partial charge on any atom is 0.407 e. The lowest BCUT2D eigenvalue weighted by molar-refractivity contribution is -0.604. The van der Waals surface area contributed by atoms with Crippen LogP contribution >= 0.6 is 11.6 Å². The number of aromatic nitrogens is 3. The summed E-state index contributed by atoms with van der Waals surface area (Å²) in [5.41, 5.74) is 6.83. The topological polar surface area (TPSA) is 126 Å². The third-order valence-corrected chi connectivity index (χ3v) is 6.93. The number of hydrogen-bond donors (Lipinski definition) is 2. The number of anilines is 1. The van der Waals surface area contributed by atoms with E-state index in [1.165, 1.54) is 23.1 Å². The maximum atomic E-state index is 13.0. The summed E-state index contributed by atoms with van der Waals surface area (Å²) in [5.74, 6) is 0. The molecule has 1 amide bonds. The van der Waals surface area contributed by atoms with Crippen molar-refractivity contribution in [2.24, 2.45) is 0 Å². The average Bonchev–Trinajstić information content (AvgIpc) is 2.84. The van der Waals surface area contributed by atoms with Crippen LogP contribution in [0.2, 0.25) is 5.02 Å². The standard InChI is InChI=1S/C27H32ClN5O4/c1-26(2,3)37-25(35)30-17-27(19-7-4-8-20(28)14-19)11-9-21(10-12-27)33-24(34)22(29)15-23(31-33)18-6-5-13-32(36)16-18/h4-8,13-16,21H,9-12,17,29H2,1-3H3,(H,30,35). The fourth-order valence-electron chi connectivity index (χ4n) is 4.87. The second-order valence-corrected chi connectivity index (χ2v) is 11.0. The molecule has 0 spiro atoms. The van der Waals surface area contributed by atoms with Crippen molar-refractivity contribution in [3.63, 3.8) is 0 Å². The van der Waals surface area contributed by atoms with Gasteiger partial charge in [-0.3, -0.25) is 4.79 Å². The van der Waals surface area contributed by atoms with Gasteiger partial charge < -0.3 is 21.0 Å². The lowest BCUT2D eigenvalue weighted by Gasteiger charge is -2.41. The normalized spacial score (nSPS) is 19.8. The van der Waals surface area contributed by atoms with Gasteiger partial charge in [-0.2, -0.15) is 9.83 Å². The number of rotatable bonds is 5. The van der Waals surface area contributed by atoms with E-state index in [0.29, 0.717) is 53.2 Å². The minimum absolute atomic E-state index is 0.0737. The Labute approximate surface area is 220 Å². The Kier molecular flexibility index (Phi) is 7.45. The summed E-state index contributed by atoms with van der Waals surface area (Å²) in [4.78, 5) is 25.4. The number of benzene rings is 1. The molecule has 2 heterocycles. The Morgan fingerprint density at radius 2 is 2.00 bits per heavy atom. The molecule has 4 rings (SSSR count). The first-order chi connectivity index (χ1) is 17.5. The number of carbonyl (C=O) groups excluding carboxylic acids is 1. The van der Waals surface area contributed by atoms with E-state index in [4.69, 9.17) is 22.1 Å². The van der Waals surface area contributed by atoms with Crippen LogP contribution in [0.1, 0.15) is 58.1 Å². The van der Waals surface area contributed by atoms with Gasteiger partial charge in [-0.1, -0.05) is 23.7 Å². The first kappa shape index (κ1) is 26.5. The van der Waals surface area contributed by atoms with Crippen LogP contribution < -0.4 is 21.3 Å². The number of nitrogens with zero attached hydrogens (tertiary/aromatic N) is 3. The molecule has 1 aliphatic rings. The van der Waals surface area contributed by atoms with Gasteiger partial charge in [-0.25, -0.2) is 9.48 Å². The molecule has 37 heavy (non-hydrogen) atoms. The molecule has 1 aliphatic carbocycles. The molecule has 1 saturated carbocycles. The monoisotopic (exact) mass is 525 g/mol. The van der Waals surface area contributed by atoms with E-state index in [2.05, 4.69) is 10.4 Å². The molecule has 2 aromatic heterocycles. The number of amides is 1. The molecule has 0 aliphatic heterocycles. The highest BCUT2D eigenvalue weighted by Crippen LogP contribution is 2.43. The Morgan fingerprint density at radius 1 is 1.27 bits per heavy atom. The molecule has 1 fully saturated rings. The number of nitrogens with two attached hydrogens (primary N) is 1. The van der Waals surface area contributed by atoms with Gasteiger partial charge >= 0.3 is 6.09 Å². The first-order valence-corrected chi connectivity index (χ1v) is 12.6. The third kappa shape index (κ3) is 6.22. The van der Waals surface area contributed by atoms with Crippen LogP contribution in [-0.4, -0.2) is 28.0 Å². The SMILES string of the molecule is CC(C)(C)OC(=O)NCC1(c2cccc(Cl)c2)CCC(n2nc(-c3ccc[n+]([O-])c3)cc(N)c2=O)CC1. The summed E-state index contributed by atoms with van der Waals surface area (Å²) in [6.45, 7) is 5.83. The smallest absolute Gasteiger partial charge is 0.407 e. The number of carbonyl (C=O) groups is 1. The Bertz CT molecular complexity index is 1340. The van der Waals surface area contributed by atoms with E-state index >= 15 is 0 Å². The quantitative estimate of drug-likeness (QED) is 0.376. The molecule has 10 heteroatoms. The minimum Gasteiger partial charge on any atom is -0.619 e. The summed E-state index contributed by atoms with van der Waals surface area (Å²) >= 11 is 6.32. The van der Waals surface area contributed by atoms with Crippen LogP contribution in [-0.2, 0) is 10.2 Å². The molecular weight excluding hydrogens is 494 g/mol. The van der Waals surface area contributed by atoms with Crippen LogP contribution in [0.5, 0.6) is 0 Å². The van der Waals surface area contributed by atoms with Crippen molar-refractivity contribution in [3.05, 3.63) is 81.0 Å². The fourth-order valence-corrected chi connectivity index (χ4v) is 5.06. The molecule has 196 valence electrons. The molecule has 0 unspecified atom stereocenters. The number of nitrogens with one attached hydrogen (secondary N) is 1. The van der Waals surface area contributed by atoms with E-state index in [1.54, 1.807) is 12.1 Å². The molecule has 1 aromatic carbocycles. The van der Waals surface area contributed by atoms with Crippen LogP contribution in [0, 0.1) is 5.21 Å².